The van der Waals surface area contributed by atoms with Crippen LogP contribution in [0.5, 0.6) is 0 Å². The zero-order valence-corrected chi connectivity index (χ0v) is 13.4. The van der Waals surface area contributed by atoms with Crippen molar-refractivity contribution in [3.8, 4) is 0 Å². The molecule has 1 N–H and O–H groups in total. The van der Waals surface area contributed by atoms with E-state index in [1.807, 2.05) is 0 Å². The van der Waals surface area contributed by atoms with E-state index >= 15 is 0 Å². The first kappa shape index (κ1) is 21.3. The lowest BCUT2D eigenvalue weighted by atomic mass is 10.1. The maximum absolute atomic E-state index is 10.3. The van der Waals surface area contributed by atoms with Crippen LogP contribution >= 0.6 is 0 Å². The van der Waals surface area contributed by atoms with Crippen LogP contribution in [-0.4, -0.2) is 11.1 Å². The summed E-state index contributed by atoms with van der Waals surface area (Å²) in [7, 11) is 0. The quantitative estimate of drug-likeness (QED) is 0.326. The highest BCUT2D eigenvalue weighted by molar-refractivity contribution is 5.66. The summed E-state index contributed by atoms with van der Waals surface area (Å²) >= 11 is 0. The first-order valence-electron chi connectivity index (χ1n) is 8.14. The summed E-state index contributed by atoms with van der Waals surface area (Å²) in [6.07, 6.45) is 17.6. The smallest absolute Gasteiger partial charge is 0.303 e. The van der Waals surface area contributed by atoms with Crippen LogP contribution < -0.4 is 0 Å². The average Bonchev–Trinajstić information content (AvgIpc) is 2.44. The zero-order valence-electron chi connectivity index (χ0n) is 13.4. The SMILES string of the molecule is C=CC=C.CCCCCCCCCCCCCC(=O)O. The number of hydrogen-bond acceptors (Lipinski definition) is 1. The van der Waals surface area contributed by atoms with Crippen LogP contribution in [0.4, 0.5) is 0 Å². The van der Waals surface area contributed by atoms with Crippen molar-refractivity contribution >= 4 is 5.97 Å². The van der Waals surface area contributed by atoms with Crippen molar-refractivity contribution in [1.82, 2.24) is 0 Å². The Bertz CT molecular complexity index is 215. The van der Waals surface area contributed by atoms with Gasteiger partial charge in [-0.15, -0.1) is 0 Å². The number of carbonyl (C=O) groups is 1. The monoisotopic (exact) mass is 282 g/mol. The minimum absolute atomic E-state index is 0.344. The third-order valence-corrected chi connectivity index (χ3v) is 3.16. The molecule has 0 radical (unpaired) electrons. The first-order valence-corrected chi connectivity index (χ1v) is 8.14. The molecule has 0 aromatic rings. The molecule has 20 heavy (non-hydrogen) atoms. The average molecular weight is 282 g/mol. The summed E-state index contributed by atoms with van der Waals surface area (Å²) in [6.45, 7) is 8.97. The molecule has 2 nitrogen and oxygen atoms in total. The largest absolute Gasteiger partial charge is 0.481 e. The van der Waals surface area contributed by atoms with Crippen molar-refractivity contribution < 1.29 is 9.90 Å². The summed E-state index contributed by atoms with van der Waals surface area (Å²) in [6, 6.07) is 0. The van der Waals surface area contributed by atoms with Gasteiger partial charge in [-0.2, -0.15) is 0 Å². The van der Waals surface area contributed by atoms with E-state index in [2.05, 4.69) is 20.1 Å². The van der Waals surface area contributed by atoms with Gasteiger partial charge in [0.05, 0.1) is 0 Å². The highest BCUT2D eigenvalue weighted by Gasteiger charge is 1.96. The Morgan fingerprint density at radius 1 is 0.800 bits per heavy atom. The maximum atomic E-state index is 10.3. The molecule has 0 aliphatic heterocycles. The molecule has 0 spiro atoms. The number of allylic oxidation sites excluding steroid dienone is 2. The van der Waals surface area contributed by atoms with Crippen molar-refractivity contribution in [2.75, 3.05) is 0 Å². The van der Waals surface area contributed by atoms with Gasteiger partial charge in [0.25, 0.3) is 0 Å². The number of unbranched alkanes of at least 4 members (excludes halogenated alkanes) is 10. The van der Waals surface area contributed by atoms with E-state index in [1.54, 1.807) is 12.2 Å². The fourth-order valence-corrected chi connectivity index (χ4v) is 1.94. The summed E-state index contributed by atoms with van der Waals surface area (Å²) in [5, 5.41) is 8.46. The molecule has 0 heterocycles. The second-order valence-electron chi connectivity index (χ2n) is 5.15. The molecular weight excluding hydrogens is 248 g/mol. The highest BCUT2D eigenvalue weighted by atomic mass is 16.4. The molecule has 0 saturated carbocycles. The Kier molecular flexibility index (Phi) is 21.5. The van der Waals surface area contributed by atoms with Gasteiger partial charge in [0.2, 0.25) is 0 Å². The van der Waals surface area contributed by atoms with Crippen LogP contribution in [-0.2, 0) is 4.79 Å². The van der Waals surface area contributed by atoms with E-state index in [-0.39, 0.29) is 0 Å². The molecule has 0 unspecified atom stereocenters. The fraction of sp³-hybridized carbons (Fsp3) is 0.722. The van der Waals surface area contributed by atoms with Crippen LogP contribution in [0.3, 0.4) is 0 Å². The van der Waals surface area contributed by atoms with Gasteiger partial charge >= 0.3 is 5.97 Å². The van der Waals surface area contributed by atoms with E-state index in [0.717, 1.165) is 12.8 Å². The van der Waals surface area contributed by atoms with Crippen LogP contribution in [0.2, 0.25) is 0 Å². The Morgan fingerprint density at radius 3 is 1.45 bits per heavy atom. The molecule has 118 valence electrons. The third kappa shape index (κ3) is 25.7. The first-order chi connectivity index (χ1) is 9.68. The predicted molar refractivity (Wildman–Crippen MR) is 89.1 cm³/mol. The molecule has 0 saturated heterocycles. The molecule has 0 aromatic carbocycles. The number of hydrogen-bond donors (Lipinski definition) is 1. The topological polar surface area (TPSA) is 37.3 Å². The van der Waals surface area contributed by atoms with E-state index in [0.29, 0.717) is 6.42 Å². The van der Waals surface area contributed by atoms with Crippen molar-refractivity contribution in [3.05, 3.63) is 25.3 Å². The zero-order chi connectivity index (χ0) is 15.5. The maximum Gasteiger partial charge on any atom is 0.303 e. The minimum Gasteiger partial charge on any atom is -0.481 e. The van der Waals surface area contributed by atoms with Gasteiger partial charge in [-0.05, 0) is 6.42 Å². The van der Waals surface area contributed by atoms with Gasteiger partial charge in [-0.3, -0.25) is 4.79 Å². The molecule has 0 atom stereocenters. The Morgan fingerprint density at radius 2 is 1.15 bits per heavy atom. The normalized spacial score (nSPS) is 9.45. The number of aliphatic carboxylic acids is 1. The second-order valence-corrected chi connectivity index (χ2v) is 5.15. The van der Waals surface area contributed by atoms with Crippen LogP contribution in [0.15, 0.2) is 25.3 Å². The predicted octanol–water partition coefficient (Wildman–Crippen LogP) is 6.13. The Labute approximate surface area is 126 Å². The molecular formula is C18H34O2. The van der Waals surface area contributed by atoms with Gasteiger partial charge in [0.15, 0.2) is 0 Å². The summed E-state index contributed by atoms with van der Waals surface area (Å²) in [4.78, 5) is 10.3. The number of rotatable bonds is 13. The van der Waals surface area contributed by atoms with Crippen molar-refractivity contribution in [1.29, 1.82) is 0 Å². The van der Waals surface area contributed by atoms with Crippen molar-refractivity contribution in [3.63, 3.8) is 0 Å². The van der Waals surface area contributed by atoms with Crippen LogP contribution in [0, 0.1) is 0 Å². The van der Waals surface area contributed by atoms with E-state index < -0.39 is 5.97 Å². The van der Waals surface area contributed by atoms with Gasteiger partial charge < -0.3 is 5.11 Å². The standard InChI is InChI=1S/C14H28O2.C4H6/c1-2-3-4-5-6-7-8-9-10-11-12-13-14(15)16;1-3-4-2/h2-13H2,1H3,(H,15,16);3-4H,1-2H2. The molecule has 0 aliphatic carbocycles. The van der Waals surface area contributed by atoms with E-state index in [4.69, 9.17) is 5.11 Å². The lowest BCUT2D eigenvalue weighted by Crippen LogP contribution is -1.93. The molecule has 0 rings (SSSR count). The Balaban J connectivity index is 0. The van der Waals surface area contributed by atoms with Crippen LogP contribution in [0.1, 0.15) is 84.0 Å². The molecule has 0 aromatic heterocycles. The molecule has 0 bridgehead atoms. The molecule has 0 aliphatic rings. The van der Waals surface area contributed by atoms with Gasteiger partial charge in [0.1, 0.15) is 0 Å². The van der Waals surface area contributed by atoms with Crippen molar-refractivity contribution in [2.24, 2.45) is 0 Å². The Hall–Kier alpha value is -1.05. The number of carboxylic acid groups (broad SMARTS) is 1. The van der Waals surface area contributed by atoms with Crippen molar-refractivity contribution in [2.45, 2.75) is 84.0 Å². The highest BCUT2D eigenvalue weighted by Crippen LogP contribution is 2.11. The molecule has 0 amide bonds. The third-order valence-electron chi connectivity index (χ3n) is 3.16. The summed E-state index contributed by atoms with van der Waals surface area (Å²) in [5.74, 6) is -0.657. The molecule has 2 heteroatoms. The summed E-state index contributed by atoms with van der Waals surface area (Å²) in [5.41, 5.74) is 0. The number of carboxylic acids is 1. The van der Waals surface area contributed by atoms with Gasteiger partial charge in [-0.25, -0.2) is 0 Å². The minimum atomic E-state index is -0.657. The van der Waals surface area contributed by atoms with E-state index in [1.165, 1.54) is 57.8 Å². The lowest BCUT2D eigenvalue weighted by molar-refractivity contribution is -0.137. The lowest BCUT2D eigenvalue weighted by Gasteiger charge is -2.01. The van der Waals surface area contributed by atoms with Crippen LogP contribution in [0.25, 0.3) is 0 Å². The van der Waals surface area contributed by atoms with E-state index in [9.17, 15) is 4.79 Å². The second kappa shape index (κ2) is 20.3. The van der Waals surface area contributed by atoms with Gasteiger partial charge in [0, 0.05) is 6.42 Å². The fourth-order valence-electron chi connectivity index (χ4n) is 1.94. The van der Waals surface area contributed by atoms with Gasteiger partial charge in [-0.1, -0.05) is 96.4 Å². The summed E-state index contributed by atoms with van der Waals surface area (Å²) < 4.78 is 0. The molecule has 0 fully saturated rings.